The topological polar surface area (TPSA) is 132 Å². The van der Waals surface area contributed by atoms with E-state index in [1.807, 2.05) is 0 Å². The van der Waals surface area contributed by atoms with Crippen molar-refractivity contribution >= 4 is 18.0 Å². The maximum absolute atomic E-state index is 11.9. The summed E-state index contributed by atoms with van der Waals surface area (Å²) in [7, 11) is 5.89. The molecule has 0 bridgehead atoms. The van der Waals surface area contributed by atoms with E-state index < -0.39 is 29.2 Å². The van der Waals surface area contributed by atoms with Gasteiger partial charge in [-0.1, -0.05) is 12.1 Å². The summed E-state index contributed by atoms with van der Waals surface area (Å²) >= 11 is 0. The normalized spacial score (nSPS) is 11.1. The maximum Gasteiger partial charge on any atom is 0.410 e. The minimum absolute atomic E-state index is 0.224. The fourth-order valence-corrected chi connectivity index (χ4v) is 2.21. The van der Waals surface area contributed by atoms with Gasteiger partial charge >= 0.3 is 18.0 Å². The molecule has 1 aromatic rings. The first-order valence-electron chi connectivity index (χ1n) is 9.41. The Balaban J connectivity index is 0.00000282. The number of nitrogens with zero attached hydrogens (tertiary/aromatic N) is 1. The number of benzene rings is 1. The number of carboxylic acid groups (broad SMARTS) is 2. The van der Waals surface area contributed by atoms with Gasteiger partial charge in [0.05, 0.1) is 6.54 Å². The third-order valence-corrected chi connectivity index (χ3v) is 3.82. The van der Waals surface area contributed by atoms with Gasteiger partial charge in [-0.05, 0) is 38.5 Å². The SMILES string of the molecule is COC.COC(Cc1ccc(OCCN(C)C(=O)OC(C)(C)C)cc1)(C(=O)O)C(=O)O. The highest BCUT2D eigenvalue weighted by molar-refractivity contribution is 6.02. The molecular formula is C21H33NO9. The van der Waals surface area contributed by atoms with Gasteiger partial charge in [-0.3, -0.25) is 0 Å². The summed E-state index contributed by atoms with van der Waals surface area (Å²) in [6, 6.07) is 6.30. The molecule has 1 aromatic carbocycles. The molecular weight excluding hydrogens is 410 g/mol. The lowest BCUT2D eigenvalue weighted by Crippen LogP contribution is -2.50. The Morgan fingerprint density at radius 2 is 1.45 bits per heavy atom. The molecule has 0 aliphatic rings. The van der Waals surface area contributed by atoms with E-state index in [1.165, 1.54) is 4.90 Å². The summed E-state index contributed by atoms with van der Waals surface area (Å²) in [5, 5.41) is 18.4. The third kappa shape index (κ3) is 9.67. The molecule has 0 heterocycles. The van der Waals surface area contributed by atoms with Gasteiger partial charge in [-0.15, -0.1) is 0 Å². The Hall–Kier alpha value is -2.85. The Bertz CT molecular complexity index is 697. The molecule has 0 saturated carbocycles. The van der Waals surface area contributed by atoms with Crippen molar-refractivity contribution in [3.05, 3.63) is 29.8 Å². The highest BCUT2D eigenvalue weighted by atomic mass is 16.6. The van der Waals surface area contributed by atoms with Crippen LogP contribution in [0.25, 0.3) is 0 Å². The molecule has 0 fully saturated rings. The van der Waals surface area contributed by atoms with Crippen LogP contribution in [0, 0.1) is 0 Å². The molecule has 10 nitrogen and oxygen atoms in total. The van der Waals surface area contributed by atoms with Crippen LogP contribution >= 0.6 is 0 Å². The molecule has 0 saturated heterocycles. The lowest BCUT2D eigenvalue weighted by Gasteiger charge is -2.24. The Morgan fingerprint density at radius 3 is 1.84 bits per heavy atom. The zero-order valence-corrected chi connectivity index (χ0v) is 19.1. The first kappa shape index (κ1) is 28.1. The van der Waals surface area contributed by atoms with Crippen molar-refractivity contribution in [3.63, 3.8) is 0 Å². The smallest absolute Gasteiger partial charge is 0.410 e. The zero-order valence-electron chi connectivity index (χ0n) is 19.1. The molecule has 2 N–H and O–H groups in total. The molecule has 1 rings (SSSR count). The van der Waals surface area contributed by atoms with E-state index in [-0.39, 0.29) is 13.0 Å². The molecule has 0 spiro atoms. The van der Waals surface area contributed by atoms with Crippen molar-refractivity contribution in [2.45, 2.75) is 38.4 Å². The van der Waals surface area contributed by atoms with E-state index in [0.717, 1.165) is 7.11 Å². The highest BCUT2D eigenvalue weighted by Gasteiger charge is 2.47. The maximum atomic E-state index is 11.9. The second kappa shape index (κ2) is 12.8. The van der Waals surface area contributed by atoms with Crippen molar-refractivity contribution in [1.82, 2.24) is 4.90 Å². The van der Waals surface area contributed by atoms with Crippen LogP contribution in [0.3, 0.4) is 0 Å². The van der Waals surface area contributed by atoms with Crippen LogP contribution in [0.4, 0.5) is 4.79 Å². The Morgan fingerprint density at radius 1 is 0.968 bits per heavy atom. The van der Waals surface area contributed by atoms with Crippen molar-refractivity contribution < 1.29 is 43.5 Å². The number of ether oxygens (including phenoxy) is 4. The predicted molar refractivity (Wildman–Crippen MR) is 112 cm³/mol. The number of hydrogen-bond acceptors (Lipinski definition) is 7. The summed E-state index contributed by atoms with van der Waals surface area (Å²) in [6.07, 6.45) is -0.791. The van der Waals surface area contributed by atoms with Gasteiger partial charge in [-0.2, -0.15) is 0 Å². The average Bonchev–Trinajstić information content (AvgIpc) is 2.66. The molecule has 0 unspecified atom stereocenters. The predicted octanol–water partition coefficient (Wildman–Crippen LogP) is 2.29. The molecule has 0 atom stereocenters. The number of aliphatic carboxylic acids is 2. The lowest BCUT2D eigenvalue weighted by atomic mass is 9.94. The summed E-state index contributed by atoms with van der Waals surface area (Å²) < 4.78 is 19.8. The van der Waals surface area contributed by atoms with Crippen LogP contribution in [-0.2, 0) is 30.2 Å². The van der Waals surface area contributed by atoms with Crippen molar-refractivity contribution in [2.24, 2.45) is 0 Å². The van der Waals surface area contributed by atoms with Crippen LogP contribution in [0.1, 0.15) is 26.3 Å². The molecule has 10 heteroatoms. The fraction of sp³-hybridized carbons (Fsp3) is 0.571. The van der Waals surface area contributed by atoms with Crippen molar-refractivity contribution in [1.29, 1.82) is 0 Å². The largest absolute Gasteiger partial charge is 0.492 e. The number of carboxylic acids is 2. The molecule has 0 radical (unpaired) electrons. The van der Waals surface area contributed by atoms with E-state index in [1.54, 1.807) is 66.3 Å². The van der Waals surface area contributed by atoms with Crippen LogP contribution in [0.2, 0.25) is 0 Å². The fourth-order valence-electron chi connectivity index (χ4n) is 2.21. The highest BCUT2D eigenvalue weighted by Crippen LogP contribution is 2.21. The first-order valence-corrected chi connectivity index (χ1v) is 9.41. The molecule has 0 aliphatic carbocycles. The monoisotopic (exact) mass is 443 g/mol. The van der Waals surface area contributed by atoms with Crippen LogP contribution in [-0.4, -0.2) is 85.9 Å². The molecule has 1 amide bonds. The second-order valence-electron chi connectivity index (χ2n) is 7.62. The number of methoxy groups -OCH3 is 2. The van der Waals surface area contributed by atoms with Gasteiger partial charge in [0.2, 0.25) is 0 Å². The van der Waals surface area contributed by atoms with Crippen molar-refractivity contribution in [3.8, 4) is 5.75 Å². The van der Waals surface area contributed by atoms with E-state index in [2.05, 4.69) is 4.74 Å². The summed E-state index contributed by atoms with van der Waals surface area (Å²) in [4.78, 5) is 35.9. The summed E-state index contributed by atoms with van der Waals surface area (Å²) in [6.45, 7) is 5.88. The number of carbonyl (C=O) groups is 3. The van der Waals surface area contributed by atoms with Gasteiger partial charge in [0.15, 0.2) is 0 Å². The van der Waals surface area contributed by atoms with Gasteiger partial charge in [-0.25, -0.2) is 14.4 Å². The van der Waals surface area contributed by atoms with Crippen LogP contribution in [0.15, 0.2) is 24.3 Å². The lowest BCUT2D eigenvalue weighted by molar-refractivity contribution is -0.179. The number of carbonyl (C=O) groups excluding carboxylic acids is 1. The summed E-state index contributed by atoms with van der Waals surface area (Å²) in [5.41, 5.74) is -2.46. The average molecular weight is 443 g/mol. The minimum Gasteiger partial charge on any atom is -0.492 e. The molecule has 0 aliphatic heterocycles. The van der Waals surface area contributed by atoms with Crippen LogP contribution < -0.4 is 4.74 Å². The number of amides is 1. The minimum atomic E-state index is -2.35. The quantitative estimate of drug-likeness (QED) is 0.552. The van der Waals surface area contributed by atoms with Crippen molar-refractivity contribution in [2.75, 3.05) is 41.5 Å². The Labute approximate surface area is 182 Å². The molecule has 0 aromatic heterocycles. The number of likely N-dealkylation sites (N-methyl/N-ethyl adjacent to an activating group) is 1. The van der Waals surface area contributed by atoms with Gasteiger partial charge in [0.25, 0.3) is 5.60 Å². The van der Waals surface area contributed by atoms with E-state index in [4.69, 9.17) is 14.2 Å². The number of rotatable bonds is 9. The summed E-state index contributed by atoms with van der Waals surface area (Å²) in [5.74, 6) is -2.66. The second-order valence-corrected chi connectivity index (χ2v) is 7.62. The van der Waals surface area contributed by atoms with Crippen LogP contribution in [0.5, 0.6) is 5.75 Å². The Kier molecular flexibility index (Phi) is 11.6. The molecule has 31 heavy (non-hydrogen) atoms. The number of hydrogen-bond donors (Lipinski definition) is 2. The zero-order chi connectivity index (χ0) is 24.2. The van der Waals surface area contributed by atoms with Gasteiger partial charge < -0.3 is 34.1 Å². The third-order valence-electron chi connectivity index (χ3n) is 3.82. The molecule has 176 valence electrons. The first-order chi connectivity index (χ1) is 14.3. The van der Waals surface area contributed by atoms with E-state index >= 15 is 0 Å². The standard InChI is InChI=1S/C19H27NO8.C2H6O/c1-18(2,3)28-17(25)20(4)10-11-27-14-8-6-13(7-9-14)12-19(26-5,15(21)22)16(23)24;1-3-2/h6-9H,10-12H2,1-5H3,(H,21,22)(H,23,24);1-2H3. The van der Waals surface area contributed by atoms with E-state index in [0.29, 0.717) is 17.9 Å². The van der Waals surface area contributed by atoms with Gasteiger partial charge in [0, 0.05) is 34.8 Å². The van der Waals surface area contributed by atoms with E-state index in [9.17, 15) is 24.6 Å². The van der Waals surface area contributed by atoms with Gasteiger partial charge in [0.1, 0.15) is 18.0 Å².